The van der Waals surface area contributed by atoms with Gasteiger partial charge in [-0.15, -0.1) is 0 Å². The number of benzene rings is 1. The fourth-order valence-electron chi connectivity index (χ4n) is 3.09. The van der Waals surface area contributed by atoms with Gasteiger partial charge in [0.1, 0.15) is 0 Å². The van der Waals surface area contributed by atoms with Crippen molar-refractivity contribution in [3.05, 3.63) is 17.7 Å². The largest absolute Gasteiger partial charge is 0.493 e. The lowest BCUT2D eigenvalue weighted by Gasteiger charge is -2.36. The van der Waals surface area contributed by atoms with Crippen molar-refractivity contribution in [2.24, 2.45) is 4.99 Å². The Balaban J connectivity index is 2.02. The van der Waals surface area contributed by atoms with Gasteiger partial charge in [0.2, 0.25) is 5.75 Å². The van der Waals surface area contributed by atoms with Gasteiger partial charge in [0.15, 0.2) is 17.5 Å². The average Bonchev–Trinajstić information content (AvgIpc) is 2.66. The van der Waals surface area contributed by atoms with Crippen LogP contribution in [0.1, 0.15) is 12.5 Å². The molecular formula is C18H30N4O3. The van der Waals surface area contributed by atoms with E-state index in [2.05, 4.69) is 27.0 Å². The van der Waals surface area contributed by atoms with Crippen LogP contribution in [-0.4, -0.2) is 76.9 Å². The van der Waals surface area contributed by atoms with Crippen LogP contribution < -0.4 is 19.5 Å². The van der Waals surface area contributed by atoms with Gasteiger partial charge in [-0.05, 0) is 24.6 Å². The van der Waals surface area contributed by atoms with Crippen molar-refractivity contribution in [2.75, 3.05) is 61.1 Å². The van der Waals surface area contributed by atoms with Gasteiger partial charge < -0.3 is 24.4 Å². The molecule has 0 amide bonds. The first-order chi connectivity index (χ1) is 12.2. The van der Waals surface area contributed by atoms with Gasteiger partial charge in [-0.1, -0.05) is 0 Å². The Hall–Kier alpha value is -2.15. The van der Waals surface area contributed by atoms with Gasteiger partial charge in [-0.2, -0.15) is 0 Å². The lowest BCUT2D eigenvalue weighted by Crippen LogP contribution is -2.52. The van der Waals surface area contributed by atoms with E-state index < -0.39 is 0 Å². The van der Waals surface area contributed by atoms with E-state index in [1.807, 2.05) is 19.2 Å². The summed E-state index contributed by atoms with van der Waals surface area (Å²) in [4.78, 5) is 9.07. The molecule has 0 bridgehead atoms. The lowest BCUT2D eigenvalue weighted by atomic mass is 10.1. The zero-order valence-electron chi connectivity index (χ0n) is 16.0. The lowest BCUT2D eigenvalue weighted by molar-refractivity contribution is 0.172. The van der Waals surface area contributed by atoms with Crippen molar-refractivity contribution >= 4 is 5.96 Å². The summed E-state index contributed by atoms with van der Waals surface area (Å²) < 4.78 is 16.3. The van der Waals surface area contributed by atoms with E-state index in [4.69, 9.17) is 14.2 Å². The molecule has 0 aliphatic carbocycles. The predicted molar refractivity (Wildman–Crippen MR) is 100.0 cm³/mol. The summed E-state index contributed by atoms with van der Waals surface area (Å²) in [6.45, 7) is 7.73. The second kappa shape index (κ2) is 9.36. The summed E-state index contributed by atoms with van der Waals surface area (Å²) in [6, 6.07) is 4.04. The van der Waals surface area contributed by atoms with Crippen molar-refractivity contribution in [1.82, 2.24) is 15.1 Å². The van der Waals surface area contributed by atoms with Crippen LogP contribution in [0, 0.1) is 0 Å². The SMILES string of the molecule is CCNC(=NC)N1CCN(Cc2cc(OC)c(OC)c(OC)c2)CC1. The molecule has 0 aromatic heterocycles. The smallest absolute Gasteiger partial charge is 0.203 e. The highest BCUT2D eigenvalue weighted by atomic mass is 16.5. The van der Waals surface area contributed by atoms with Crippen molar-refractivity contribution < 1.29 is 14.2 Å². The third-order valence-electron chi connectivity index (χ3n) is 4.35. The van der Waals surface area contributed by atoms with Crippen molar-refractivity contribution in [3.8, 4) is 17.2 Å². The molecule has 1 N–H and O–H groups in total. The van der Waals surface area contributed by atoms with Crippen LogP contribution in [0.25, 0.3) is 0 Å². The topological polar surface area (TPSA) is 58.6 Å². The molecule has 1 aliphatic rings. The van der Waals surface area contributed by atoms with Crippen molar-refractivity contribution in [3.63, 3.8) is 0 Å². The number of aliphatic imine (C=N–C) groups is 1. The highest BCUT2D eigenvalue weighted by molar-refractivity contribution is 5.79. The number of hydrogen-bond acceptors (Lipinski definition) is 5. The Kier molecular flexibility index (Phi) is 7.18. The monoisotopic (exact) mass is 350 g/mol. The van der Waals surface area contributed by atoms with Gasteiger partial charge in [-0.3, -0.25) is 9.89 Å². The zero-order valence-corrected chi connectivity index (χ0v) is 16.0. The Labute approximate surface area is 150 Å². The molecule has 25 heavy (non-hydrogen) atoms. The van der Waals surface area contributed by atoms with Crippen LogP contribution in [0.5, 0.6) is 17.2 Å². The summed E-state index contributed by atoms with van der Waals surface area (Å²) in [5.74, 6) is 3.01. The predicted octanol–water partition coefficient (Wildman–Crippen LogP) is 1.43. The molecule has 7 nitrogen and oxygen atoms in total. The van der Waals surface area contributed by atoms with Gasteiger partial charge in [0, 0.05) is 46.3 Å². The van der Waals surface area contributed by atoms with Crippen LogP contribution in [0.4, 0.5) is 0 Å². The first-order valence-electron chi connectivity index (χ1n) is 8.63. The highest BCUT2D eigenvalue weighted by Crippen LogP contribution is 2.38. The molecule has 0 unspecified atom stereocenters. The second-order valence-electron chi connectivity index (χ2n) is 5.87. The number of guanidine groups is 1. The normalized spacial score (nSPS) is 15.9. The molecule has 1 aromatic rings. The van der Waals surface area contributed by atoms with E-state index in [0.29, 0.717) is 17.2 Å². The molecule has 1 heterocycles. The first kappa shape index (κ1) is 19.2. The van der Waals surface area contributed by atoms with E-state index in [1.54, 1.807) is 21.3 Å². The van der Waals surface area contributed by atoms with Crippen LogP contribution in [-0.2, 0) is 6.54 Å². The number of piperazine rings is 1. The maximum Gasteiger partial charge on any atom is 0.203 e. The van der Waals surface area contributed by atoms with Crippen LogP contribution in [0.3, 0.4) is 0 Å². The van der Waals surface area contributed by atoms with Gasteiger partial charge in [0.25, 0.3) is 0 Å². The summed E-state index contributed by atoms with van der Waals surface area (Å²) in [5, 5.41) is 3.32. The Morgan fingerprint density at radius 1 is 1.04 bits per heavy atom. The van der Waals surface area contributed by atoms with E-state index >= 15 is 0 Å². The molecule has 1 aliphatic heterocycles. The summed E-state index contributed by atoms with van der Waals surface area (Å²) in [5.41, 5.74) is 1.15. The molecule has 140 valence electrons. The van der Waals surface area contributed by atoms with Crippen LogP contribution in [0.2, 0.25) is 0 Å². The Morgan fingerprint density at radius 2 is 1.64 bits per heavy atom. The van der Waals surface area contributed by atoms with Crippen molar-refractivity contribution in [2.45, 2.75) is 13.5 Å². The Bertz CT molecular complexity index is 559. The standard InChI is InChI=1S/C18H30N4O3/c1-6-20-18(19-2)22-9-7-21(8-10-22)13-14-11-15(23-3)17(25-5)16(12-14)24-4/h11-12H,6-10,13H2,1-5H3,(H,19,20). The third kappa shape index (κ3) is 4.69. The quantitative estimate of drug-likeness (QED) is 0.619. The Morgan fingerprint density at radius 3 is 2.08 bits per heavy atom. The maximum absolute atomic E-state index is 5.44. The van der Waals surface area contributed by atoms with E-state index in [0.717, 1.165) is 50.8 Å². The molecule has 1 aromatic carbocycles. The molecule has 0 saturated carbocycles. The number of rotatable bonds is 6. The number of nitrogens with one attached hydrogen (secondary N) is 1. The van der Waals surface area contributed by atoms with E-state index in [-0.39, 0.29) is 0 Å². The fourth-order valence-corrected chi connectivity index (χ4v) is 3.09. The van der Waals surface area contributed by atoms with Gasteiger partial charge in [0.05, 0.1) is 21.3 Å². The molecule has 1 saturated heterocycles. The number of methoxy groups -OCH3 is 3. The first-order valence-corrected chi connectivity index (χ1v) is 8.63. The fraction of sp³-hybridized carbons (Fsp3) is 0.611. The number of hydrogen-bond donors (Lipinski definition) is 1. The van der Waals surface area contributed by atoms with Crippen LogP contribution >= 0.6 is 0 Å². The van der Waals surface area contributed by atoms with Gasteiger partial charge in [-0.25, -0.2) is 0 Å². The van der Waals surface area contributed by atoms with Crippen LogP contribution in [0.15, 0.2) is 17.1 Å². The second-order valence-corrected chi connectivity index (χ2v) is 5.87. The summed E-state index contributed by atoms with van der Waals surface area (Å²) >= 11 is 0. The summed E-state index contributed by atoms with van der Waals surface area (Å²) in [7, 11) is 6.75. The van der Waals surface area contributed by atoms with Gasteiger partial charge >= 0.3 is 0 Å². The molecular weight excluding hydrogens is 320 g/mol. The van der Waals surface area contributed by atoms with Crippen molar-refractivity contribution in [1.29, 1.82) is 0 Å². The van der Waals surface area contributed by atoms with E-state index in [9.17, 15) is 0 Å². The minimum Gasteiger partial charge on any atom is -0.493 e. The molecule has 1 fully saturated rings. The number of nitrogens with zero attached hydrogens (tertiary/aromatic N) is 3. The summed E-state index contributed by atoms with van der Waals surface area (Å²) in [6.07, 6.45) is 0. The maximum atomic E-state index is 5.44. The molecule has 7 heteroatoms. The molecule has 0 radical (unpaired) electrons. The number of ether oxygens (including phenoxy) is 3. The van der Waals surface area contributed by atoms with E-state index in [1.165, 1.54) is 0 Å². The minimum absolute atomic E-state index is 0.632. The zero-order chi connectivity index (χ0) is 18.2. The minimum atomic E-state index is 0.632. The third-order valence-corrected chi connectivity index (χ3v) is 4.35. The molecule has 2 rings (SSSR count). The molecule has 0 atom stereocenters. The molecule has 0 spiro atoms. The highest BCUT2D eigenvalue weighted by Gasteiger charge is 2.20. The average molecular weight is 350 g/mol.